The molecule has 0 saturated heterocycles. The van der Waals surface area contributed by atoms with Crippen molar-refractivity contribution in [2.45, 2.75) is 33.6 Å². The third-order valence-corrected chi connectivity index (χ3v) is 5.04. The van der Waals surface area contributed by atoms with E-state index in [1.54, 1.807) is 18.2 Å². The quantitative estimate of drug-likeness (QED) is 0.438. The fraction of sp³-hybridized carbons (Fsp3) is 0.227. The van der Waals surface area contributed by atoms with Gasteiger partial charge in [-0.25, -0.2) is 0 Å². The molecule has 7 heteroatoms. The van der Waals surface area contributed by atoms with Gasteiger partial charge >= 0.3 is 0 Å². The lowest BCUT2D eigenvalue weighted by molar-refractivity contribution is 0.0998. The van der Waals surface area contributed by atoms with E-state index >= 15 is 0 Å². The van der Waals surface area contributed by atoms with Crippen molar-refractivity contribution < 1.29 is 13.7 Å². The van der Waals surface area contributed by atoms with Crippen LogP contribution < -0.4 is 5.32 Å². The molecule has 0 aliphatic rings. The number of carbonyl (C=O) groups excluding carboxylic acids is 1. The van der Waals surface area contributed by atoms with Crippen molar-refractivity contribution in [1.82, 2.24) is 10.1 Å². The lowest BCUT2D eigenvalue weighted by atomic mass is 10.1. The minimum absolute atomic E-state index is 0.139. The van der Waals surface area contributed by atoms with Crippen LogP contribution in [0, 0.1) is 13.8 Å². The number of amides is 1. The van der Waals surface area contributed by atoms with Gasteiger partial charge in [0, 0.05) is 21.9 Å². The smallest absolute Gasteiger partial charge is 0.291 e. The average molecular weight is 410 g/mol. The predicted octanol–water partition coefficient (Wildman–Crippen LogP) is 6.13. The summed E-state index contributed by atoms with van der Waals surface area (Å²) in [7, 11) is 0. The van der Waals surface area contributed by atoms with Crippen LogP contribution in [0.2, 0.25) is 5.02 Å². The number of para-hydroxylation sites is 1. The monoisotopic (exact) mass is 409 g/mol. The third kappa shape index (κ3) is 3.51. The Labute approximate surface area is 172 Å². The van der Waals surface area contributed by atoms with Gasteiger partial charge in [0.2, 0.25) is 0 Å². The first-order valence-corrected chi connectivity index (χ1v) is 9.66. The van der Waals surface area contributed by atoms with Gasteiger partial charge in [-0.15, -0.1) is 0 Å². The largest absolute Gasteiger partial charge is 0.451 e. The zero-order valence-corrected chi connectivity index (χ0v) is 17.3. The number of carbonyl (C=O) groups is 1. The number of hydrogen-bond acceptors (Lipinski definition) is 5. The van der Waals surface area contributed by atoms with E-state index in [2.05, 4.69) is 15.5 Å². The van der Waals surface area contributed by atoms with Crippen molar-refractivity contribution in [2.24, 2.45) is 0 Å². The van der Waals surface area contributed by atoms with Crippen molar-refractivity contribution >= 4 is 34.2 Å². The number of nitrogens with zero attached hydrogens (tertiary/aromatic N) is 2. The standard InChI is InChI=1S/C22H20ClN3O3/c1-11(2)20-25-22(29-26-20)15-7-5-6-12(3)18(15)24-21(27)19-13(4)16-10-14(23)8-9-17(16)28-19/h5-11H,1-4H3,(H,24,27). The second kappa shape index (κ2) is 7.37. The highest BCUT2D eigenvalue weighted by Crippen LogP contribution is 2.33. The molecule has 1 N–H and O–H groups in total. The van der Waals surface area contributed by atoms with Gasteiger partial charge in [-0.1, -0.05) is 42.7 Å². The van der Waals surface area contributed by atoms with Crippen LogP contribution in [0.15, 0.2) is 45.3 Å². The third-order valence-electron chi connectivity index (χ3n) is 4.80. The van der Waals surface area contributed by atoms with Crippen molar-refractivity contribution in [3.8, 4) is 11.5 Å². The number of furan rings is 1. The average Bonchev–Trinajstić information content (AvgIpc) is 3.29. The summed E-state index contributed by atoms with van der Waals surface area (Å²) in [5.74, 6) is 1.00. The highest BCUT2D eigenvalue weighted by atomic mass is 35.5. The van der Waals surface area contributed by atoms with Crippen LogP contribution in [0.4, 0.5) is 5.69 Å². The molecule has 29 heavy (non-hydrogen) atoms. The normalized spacial score (nSPS) is 11.4. The first kappa shape index (κ1) is 19.2. The molecule has 0 bridgehead atoms. The first-order valence-electron chi connectivity index (χ1n) is 9.28. The molecule has 0 spiro atoms. The molecule has 0 saturated carbocycles. The van der Waals surface area contributed by atoms with Crippen LogP contribution in [0.3, 0.4) is 0 Å². The van der Waals surface area contributed by atoms with Crippen molar-refractivity contribution in [1.29, 1.82) is 0 Å². The second-order valence-corrected chi connectivity index (χ2v) is 7.70. The van der Waals surface area contributed by atoms with E-state index in [-0.39, 0.29) is 17.6 Å². The van der Waals surface area contributed by atoms with Crippen LogP contribution >= 0.6 is 11.6 Å². The number of fused-ring (bicyclic) bond motifs is 1. The Balaban J connectivity index is 1.73. The summed E-state index contributed by atoms with van der Waals surface area (Å²) in [5, 5.41) is 8.38. The Morgan fingerprint density at radius 1 is 1.17 bits per heavy atom. The molecular weight excluding hydrogens is 390 g/mol. The summed E-state index contributed by atoms with van der Waals surface area (Å²) in [4.78, 5) is 17.5. The number of benzene rings is 2. The number of aryl methyl sites for hydroxylation is 2. The van der Waals surface area contributed by atoms with E-state index in [4.69, 9.17) is 20.5 Å². The maximum Gasteiger partial charge on any atom is 0.291 e. The Kier molecular flexibility index (Phi) is 4.88. The van der Waals surface area contributed by atoms with Crippen LogP contribution in [0.5, 0.6) is 0 Å². The fourth-order valence-corrected chi connectivity index (χ4v) is 3.34. The highest BCUT2D eigenvalue weighted by molar-refractivity contribution is 6.31. The SMILES string of the molecule is Cc1cccc(-c2nc(C(C)C)no2)c1NC(=O)c1oc2ccc(Cl)cc2c1C. The van der Waals surface area contributed by atoms with E-state index in [9.17, 15) is 4.79 Å². The lowest BCUT2D eigenvalue weighted by Crippen LogP contribution is -2.14. The molecule has 1 amide bonds. The number of hydrogen-bond donors (Lipinski definition) is 1. The van der Waals surface area contributed by atoms with Crippen LogP contribution in [0.1, 0.15) is 47.3 Å². The van der Waals surface area contributed by atoms with Gasteiger partial charge in [0.15, 0.2) is 11.6 Å². The molecule has 0 radical (unpaired) electrons. The fourth-order valence-electron chi connectivity index (χ4n) is 3.17. The minimum atomic E-state index is -0.353. The zero-order valence-electron chi connectivity index (χ0n) is 16.5. The van der Waals surface area contributed by atoms with E-state index in [1.807, 2.05) is 45.9 Å². The molecule has 0 atom stereocenters. The molecule has 4 aromatic rings. The van der Waals surface area contributed by atoms with Gasteiger partial charge in [0.1, 0.15) is 5.58 Å². The van der Waals surface area contributed by atoms with Gasteiger partial charge in [-0.2, -0.15) is 4.98 Å². The Morgan fingerprint density at radius 3 is 2.69 bits per heavy atom. The molecule has 6 nitrogen and oxygen atoms in total. The van der Waals surface area contributed by atoms with E-state index < -0.39 is 0 Å². The summed E-state index contributed by atoms with van der Waals surface area (Å²) in [6, 6.07) is 10.9. The maximum atomic E-state index is 13.0. The summed E-state index contributed by atoms with van der Waals surface area (Å²) in [6.07, 6.45) is 0. The number of rotatable bonds is 4. The first-order chi connectivity index (χ1) is 13.8. The minimum Gasteiger partial charge on any atom is -0.451 e. The highest BCUT2D eigenvalue weighted by Gasteiger charge is 2.22. The number of aromatic nitrogens is 2. The molecule has 2 aromatic carbocycles. The molecule has 0 fully saturated rings. The molecule has 0 aliphatic heterocycles. The molecular formula is C22H20ClN3O3. The van der Waals surface area contributed by atoms with Crippen molar-refractivity contribution in [3.63, 3.8) is 0 Å². The molecule has 2 aromatic heterocycles. The van der Waals surface area contributed by atoms with Crippen molar-refractivity contribution in [2.75, 3.05) is 5.32 Å². The number of anilines is 1. The molecule has 148 valence electrons. The van der Waals surface area contributed by atoms with E-state index in [1.165, 1.54) is 0 Å². The Morgan fingerprint density at radius 2 is 1.97 bits per heavy atom. The Bertz CT molecular complexity index is 1220. The summed E-state index contributed by atoms with van der Waals surface area (Å²) in [6.45, 7) is 7.72. The number of nitrogens with one attached hydrogen (secondary N) is 1. The van der Waals surface area contributed by atoms with Crippen LogP contribution in [-0.2, 0) is 0 Å². The van der Waals surface area contributed by atoms with Crippen LogP contribution in [0.25, 0.3) is 22.4 Å². The van der Waals surface area contributed by atoms with E-state index in [0.717, 1.165) is 16.5 Å². The van der Waals surface area contributed by atoms with Crippen LogP contribution in [-0.4, -0.2) is 16.0 Å². The summed E-state index contributed by atoms with van der Waals surface area (Å²) in [5.41, 5.74) is 3.48. The Hall–Kier alpha value is -3.12. The summed E-state index contributed by atoms with van der Waals surface area (Å²) >= 11 is 6.08. The molecule has 4 rings (SSSR count). The molecule has 0 unspecified atom stereocenters. The maximum absolute atomic E-state index is 13.0. The van der Waals surface area contributed by atoms with Crippen molar-refractivity contribution in [3.05, 3.63) is 64.1 Å². The molecule has 2 heterocycles. The van der Waals surface area contributed by atoms with Gasteiger partial charge in [0.05, 0.1) is 11.3 Å². The predicted molar refractivity (Wildman–Crippen MR) is 112 cm³/mol. The zero-order chi connectivity index (χ0) is 20.7. The van der Waals surface area contributed by atoms with Gasteiger partial charge in [0.25, 0.3) is 11.8 Å². The van der Waals surface area contributed by atoms with Gasteiger partial charge < -0.3 is 14.3 Å². The van der Waals surface area contributed by atoms with Gasteiger partial charge in [-0.05, 0) is 43.7 Å². The van der Waals surface area contributed by atoms with E-state index in [0.29, 0.717) is 33.6 Å². The second-order valence-electron chi connectivity index (χ2n) is 7.26. The summed E-state index contributed by atoms with van der Waals surface area (Å²) < 4.78 is 11.2. The lowest BCUT2D eigenvalue weighted by Gasteiger charge is -2.11. The van der Waals surface area contributed by atoms with Gasteiger partial charge in [-0.3, -0.25) is 4.79 Å². The molecule has 0 aliphatic carbocycles. The number of halogens is 1. The topological polar surface area (TPSA) is 81.2 Å².